The number of primary amides is 1. The van der Waals surface area contributed by atoms with Gasteiger partial charge in [0.15, 0.2) is 0 Å². The van der Waals surface area contributed by atoms with Gasteiger partial charge in [0.25, 0.3) is 5.91 Å². The molecule has 1 heterocycles. The van der Waals surface area contributed by atoms with Crippen LogP contribution < -0.4 is 16.4 Å². The lowest BCUT2D eigenvalue weighted by atomic mass is 10.1. The van der Waals surface area contributed by atoms with Crippen LogP contribution in [0.1, 0.15) is 21.6 Å². The maximum absolute atomic E-state index is 11.2. The molecule has 104 valence electrons. The Morgan fingerprint density at radius 1 is 1.25 bits per heavy atom. The highest BCUT2D eigenvalue weighted by molar-refractivity contribution is 5.91. The van der Waals surface area contributed by atoms with Gasteiger partial charge in [-0.15, -0.1) is 0 Å². The van der Waals surface area contributed by atoms with Crippen LogP contribution in [0.3, 0.4) is 0 Å². The highest BCUT2D eigenvalue weighted by atomic mass is 16.1. The zero-order chi connectivity index (χ0) is 14.5. The summed E-state index contributed by atoms with van der Waals surface area (Å²) in [5, 5.41) is 0. The first-order valence-corrected chi connectivity index (χ1v) is 6.35. The molecule has 0 radical (unpaired) electrons. The third-order valence-electron chi connectivity index (χ3n) is 3.18. The van der Waals surface area contributed by atoms with Gasteiger partial charge in [-0.3, -0.25) is 9.78 Å². The first-order valence-electron chi connectivity index (χ1n) is 6.35. The van der Waals surface area contributed by atoms with Crippen LogP contribution in [0.2, 0.25) is 0 Å². The molecule has 0 spiro atoms. The summed E-state index contributed by atoms with van der Waals surface area (Å²) < 4.78 is 0. The second kappa shape index (κ2) is 6.16. The third-order valence-corrected chi connectivity index (χ3v) is 3.18. The fraction of sp³-hybridized carbons (Fsp3) is 0.200. The molecule has 0 saturated heterocycles. The number of amides is 1. The van der Waals surface area contributed by atoms with Crippen molar-refractivity contribution in [1.82, 2.24) is 4.98 Å². The minimum Gasteiger partial charge on any atom is -0.370 e. The number of nitrogens with zero attached hydrogens (tertiary/aromatic N) is 2. The molecule has 1 aromatic carbocycles. The van der Waals surface area contributed by atoms with Gasteiger partial charge < -0.3 is 16.4 Å². The Morgan fingerprint density at radius 2 is 1.95 bits per heavy atom. The van der Waals surface area contributed by atoms with E-state index >= 15 is 0 Å². The topological polar surface area (TPSA) is 85.2 Å². The average molecular weight is 270 g/mol. The summed E-state index contributed by atoms with van der Waals surface area (Å²) in [6.45, 7) is 1.21. The van der Waals surface area contributed by atoms with Gasteiger partial charge in [-0.1, -0.05) is 24.3 Å². The molecular formula is C15H18N4O. The quantitative estimate of drug-likeness (QED) is 0.857. The molecule has 4 N–H and O–H groups in total. The van der Waals surface area contributed by atoms with E-state index in [4.69, 9.17) is 11.5 Å². The van der Waals surface area contributed by atoms with Crippen LogP contribution in [0.4, 0.5) is 5.69 Å². The normalized spacial score (nSPS) is 10.3. The van der Waals surface area contributed by atoms with E-state index in [-0.39, 0.29) is 5.69 Å². The maximum Gasteiger partial charge on any atom is 0.267 e. The van der Waals surface area contributed by atoms with Crippen LogP contribution in [0.15, 0.2) is 42.6 Å². The van der Waals surface area contributed by atoms with Gasteiger partial charge in [-0.2, -0.15) is 0 Å². The van der Waals surface area contributed by atoms with Gasteiger partial charge in [0.1, 0.15) is 5.69 Å². The Labute approximate surface area is 118 Å². The number of benzene rings is 1. The van der Waals surface area contributed by atoms with Crippen molar-refractivity contribution < 1.29 is 4.79 Å². The molecule has 0 bridgehead atoms. The number of carbonyl (C=O) groups is 1. The molecule has 20 heavy (non-hydrogen) atoms. The molecule has 0 fully saturated rings. The monoisotopic (exact) mass is 270 g/mol. The van der Waals surface area contributed by atoms with Crippen molar-refractivity contribution >= 4 is 11.6 Å². The van der Waals surface area contributed by atoms with Crippen molar-refractivity contribution in [1.29, 1.82) is 0 Å². The van der Waals surface area contributed by atoms with E-state index in [1.165, 1.54) is 0 Å². The molecule has 0 aliphatic rings. The van der Waals surface area contributed by atoms with Gasteiger partial charge in [-0.05, 0) is 23.3 Å². The predicted octanol–water partition coefficient (Wildman–Crippen LogP) is 1.28. The lowest BCUT2D eigenvalue weighted by molar-refractivity contribution is 0.0995. The molecular weight excluding hydrogens is 252 g/mol. The van der Waals surface area contributed by atoms with E-state index < -0.39 is 5.91 Å². The van der Waals surface area contributed by atoms with Crippen LogP contribution in [0, 0.1) is 0 Å². The Balaban J connectivity index is 2.21. The Bertz CT molecular complexity index is 612. The van der Waals surface area contributed by atoms with Crippen LogP contribution in [-0.2, 0) is 13.1 Å². The van der Waals surface area contributed by atoms with Crippen LogP contribution >= 0.6 is 0 Å². The van der Waals surface area contributed by atoms with Gasteiger partial charge in [0, 0.05) is 32.0 Å². The summed E-state index contributed by atoms with van der Waals surface area (Å²) >= 11 is 0. The molecule has 5 nitrogen and oxygen atoms in total. The zero-order valence-electron chi connectivity index (χ0n) is 11.4. The molecule has 2 aromatic rings. The number of anilines is 1. The summed E-state index contributed by atoms with van der Waals surface area (Å²) in [7, 11) is 1.95. The van der Waals surface area contributed by atoms with E-state index in [2.05, 4.69) is 11.1 Å². The fourth-order valence-electron chi connectivity index (χ4n) is 2.05. The average Bonchev–Trinajstić information content (AvgIpc) is 2.48. The molecule has 0 aliphatic carbocycles. The van der Waals surface area contributed by atoms with E-state index in [1.807, 2.05) is 36.2 Å². The van der Waals surface area contributed by atoms with E-state index in [0.29, 0.717) is 13.1 Å². The second-order valence-electron chi connectivity index (χ2n) is 4.59. The summed E-state index contributed by atoms with van der Waals surface area (Å²) in [6, 6.07) is 11.6. The van der Waals surface area contributed by atoms with Crippen LogP contribution in [0.5, 0.6) is 0 Å². The molecule has 2 rings (SSSR count). The van der Waals surface area contributed by atoms with E-state index in [1.54, 1.807) is 12.3 Å². The zero-order valence-corrected chi connectivity index (χ0v) is 11.4. The number of aromatic nitrogens is 1. The molecule has 1 amide bonds. The number of hydrogen-bond acceptors (Lipinski definition) is 4. The van der Waals surface area contributed by atoms with Crippen LogP contribution in [0.25, 0.3) is 0 Å². The number of nitrogens with two attached hydrogens (primary N) is 2. The van der Waals surface area contributed by atoms with Crippen molar-refractivity contribution in [2.24, 2.45) is 11.5 Å². The predicted molar refractivity (Wildman–Crippen MR) is 79.2 cm³/mol. The molecule has 1 aromatic heterocycles. The van der Waals surface area contributed by atoms with Crippen molar-refractivity contribution in [3.63, 3.8) is 0 Å². The molecule has 5 heteroatoms. The lowest BCUT2D eigenvalue weighted by Gasteiger charge is -2.21. The Kier molecular flexibility index (Phi) is 4.32. The highest BCUT2D eigenvalue weighted by Gasteiger charge is 2.08. The van der Waals surface area contributed by atoms with E-state index in [0.717, 1.165) is 16.8 Å². The Hall–Kier alpha value is -2.40. The number of carbonyl (C=O) groups excluding carboxylic acids is 1. The maximum atomic E-state index is 11.2. The van der Waals surface area contributed by atoms with Crippen molar-refractivity contribution in [3.05, 3.63) is 59.4 Å². The summed E-state index contributed by atoms with van der Waals surface area (Å²) in [5.74, 6) is -0.525. The lowest BCUT2D eigenvalue weighted by Crippen LogP contribution is -2.20. The third kappa shape index (κ3) is 3.13. The first kappa shape index (κ1) is 14.0. The van der Waals surface area contributed by atoms with Gasteiger partial charge in [0.2, 0.25) is 0 Å². The Morgan fingerprint density at radius 3 is 2.60 bits per heavy atom. The fourth-order valence-corrected chi connectivity index (χ4v) is 2.05. The largest absolute Gasteiger partial charge is 0.370 e. The smallest absolute Gasteiger partial charge is 0.267 e. The molecule has 0 saturated carbocycles. The number of hydrogen-bond donors (Lipinski definition) is 2. The first-order chi connectivity index (χ1) is 9.61. The minimum absolute atomic E-state index is 0.265. The molecule has 0 unspecified atom stereocenters. The standard InChI is InChI=1S/C15H18N4O/c1-19(10-12-5-3-2-4-11(12)9-16)13-6-7-18-14(8-13)15(17)20/h2-8H,9-10,16H2,1H3,(H2,17,20). The SMILES string of the molecule is CN(Cc1ccccc1CN)c1ccnc(C(N)=O)c1. The van der Waals surface area contributed by atoms with E-state index in [9.17, 15) is 4.79 Å². The number of rotatable bonds is 5. The molecule has 0 aliphatic heterocycles. The summed E-state index contributed by atoms with van der Waals surface area (Å²) in [5.41, 5.74) is 14.4. The molecule has 0 atom stereocenters. The van der Waals surface area contributed by atoms with Crippen LogP contribution in [-0.4, -0.2) is 17.9 Å². The minimum atomic E-state index is -0.525. The van der Waals surface area contributed by atoms with Crippen molar-refractivity contribution in [2.75, 3.05) is 11.9 Å². The van der Waals surface area contributed by atoms with Gasteiger partial charge in [0.05, 0.1) is 0 Å². The van der Waals surface area contributed by atoms with Crippen molar-refractivity contribution in [3.8, 4) is 0 Å². The number of pyridine rings is 1. The second-order valence-corrected chi connectivity index (χ2v) is 4.59. The highest BCUT2D eigenvalue weighted by Crippen LogP contribution is 2.17. The van der Waals surface area contributed by atoms with Gasteiger partial charge in [-0.25, -0.2) is 0 Å². The van der Waals surface area contributed by atoms with Gasteiger partial charge >= 0.3 is 0 Å². The summed E-state index contributed by atoms with van der Waals surface area (Å²) in [4.78, 5) is 17.1. The summed E-state index contributed by atoms with van der Waals surface area (Å²) in [6.07, 6.45) is 1.58. The van der Waals surface area contributed by atoms with Crippen molar-refractivity contribution in [2.45, 2.75) is 13.1 Å².